The fraction of sp³-hybridized carbons (Fsp3) is 0.167. The first-order valence-corrected chi connectivity index (χ1v) is 7.65. The van der Waals surface area contributed by atoms with Crippen molar-refractivity contribution in [2.45, 2.75) is 19.7 Å². The number of ether oxygens (including phenoxy) is 1. The zero-order valence-corrected chi connectivity index (χ0v) is 13.7. The van der Waals surface area contributed by atoms with Crippen molar-refractivity contribution in [3.05, 3.63) is 76.6 Å². The van der Waals surface area contributed by atoms with Gasteiger partial charge in [0.05, 0.1) is 11.3 Å². The number of hydrogen-bond donors (Lipinski definition) is 1. The average Bonchev–Trinajstić information content (AvgIpc) is 3.05. The predicted octanol–water partition coefficient (Wildman–Crippen LogP) is 3.94. The Bertz CT molecular complexity index is 918. The molecule has 1 N–H and O–H groups in total. The van der Waals surface area contributed by atoms with Crippen LogP contribution in [0.5, 0.6) is 5.75 Å². The van der Waals surface area contributed by atoms with Crippen LogP contribution in [-0.4, -0.2) is 21.2 Å². The second-order valence-electron chi connectivity index (χ2n) is 5.60. The molecule has 1 heterocycles. The lowest BCUT2D eigenvalue weighted by molar-refractivity contribution is -0.137. The second kappa shape index (κ2) is 6.99. The highest BCUT2D eigenvalue weighted by molar-refractivity contribution is 6.08. The van der Waals surface area contributed by atoms with Crippen LogP contribution in [0.15, 0.2) is 48.5 Å². The van der Waals surface area contributed by atoms with E-state index in [-0.39, 0.29) is 18.1 Å². The SMILES string of the molecule is Cc1n[nH]nc1C(=O)c1cccc(OCc2ccc(C(F)(F)F)cc2)c1. The van der Waals surface area contributed by atoms with Gasteiger partial charge in [0.2, 0.25) is 5.78 Å². The van der Waals surface area contributed by atoms with Crippen molar-refractivity contribution in [2.75, 3.05) is 0 Å². The largest absolute Gasteiger partial charge is 0.489 e. The molecule has 0 radical (unpaired) electrons. The lowest BCUT2D eigenvalue weighted by Crippen LogP contribution is -2.06. The van der Waals surface area contributed by atoms with Gasteiger partial charge in [0.15, 0.2) is 5.69 Å². The number of halogens is 3. The minimum atomic E-state index is -4.37. The maximum atomic E-state index is 12.6. The monoisotopic (exact) mass is 361 g/mol. The normalized spacial score (nSPS) is 11.4. The van der Waals surface area contributed by atoms with E-state index in [4.69, 9.17) is 4.74 Å². The number of hydrogen-bond acceptors (Lipinski definition) is 4. The number of benzene rings is 2. The lowest BCUT2D eigenvalue weighted by Gasteiger charge is -2.09. The zero-order valence-electron chi connectivity index (χ0n) is 13.7. The summed E-state index contributed by atoms with van der Waals surface area (Å²) < 4.78 is 43.3. The van der Waals surface area contributed by atoms with Gasteiger partial charge in [0, 0.05) is 5.56 Å². The number of ketones is 1. The van der Waals surface area contributed by atoms with Crippen LogP contribution in [-0.2, 0) is 12.8 Å². The molecule has 3 aromatic rings. The molecule has 0 saturated heterocycles. The van der Waals surface area contributed by atoms with Crippen molar-refractivity contribution in [2.24, 2.45) is 0 Å². The van der Waals surface area contributed by atoms with Gasteiger partial charge >= 0.3 is 6.18 Å². The molecule has 5 nitrogen and oxygen atoms in total. The minimum Gasteiger partial charge on any atom is -0.489 e. The maximum absolute atomic E-state index is 12.6. The Morgan fingerprint density at radius 1 is 1.12 bits per heavy atom. The lowest BCUT2D eigenvalue weighted by atomic mass is 10.1. The summed E-state index contributed by atoms with van der Waals surface area (Å²) in [7, 11) is 0. The van der Waals surface area contributed by atoms with E-state index < -0.39 is 11.7 Å². The molecule has 134 valence electrons. The number of aromatic amines is 1. The highest BCUT2D eigenvalue weighted by Gasteiger charge is 2.29. The predicted molar refractivity (Wildman–Crippen MR) is 86.8 cm³/mol. The molecule has 26 heavy (non-hydrogen) atoms. The van der Waals surface area contributed by atoms with Crippen LogP contribution in [0.1, 0.15) is 32.9 Å². The summed E-state index contributed by atoms with van der Waals surface area (Å²) in [5, 5.41) is 10.0. The number of carbonyl (C=O) groups excluding carboxylic acids is 1. The molecule has 0 amide bonds. The molecule has 3 rings (SSSR count). The second-order valence-corrected chi connectivity index (χ2v) is 5.60. The summed E-state index contributed by atoms with van der Waals surface area (Å²) in [6.45, 7) is 1.75. The van der Waals surface area contributed by atoms with E-state index in [9.17, 15) is 18.0 Å². The Balaban J connectivity index is 1.69. The van der Waals surface area contributed by atoms with Crippen molar-refractivity contribution in [3.63, 3.8) is 0 Å². The van der Waals surface area contributed by atoms with E-state index in [1.807, 2.05) is 0 Å². The molecule has 8 heteroatoms. The number of nitrogens with zero attached hydrogens (tertiary/aromatic N) is 2. The Morgan fingerprint density at radius 2 is 1.85 bits per heavy atom. The molecule has 0 unspecified atom stereocenters. The van der Waals surface area contributed by atoms with Crippen molar-refractivity contribution < 1.29 is 22.7 Å². The number of rotatable bonds is 5. The number of aromatic nitrogens is 3. The van der Waals surface area contributed by atoms with Crippen molar-refractivity contribution in [1.29, 1.82) is 0 Å². The van der Waals surface area contributed by atoms with Crippen LogP contribution in [0.3, 0.4) is 0 Å². The van der Waals surface area contributed by atoms with Crippen LogP contribution >= 0.6 is 0 Å². The van der Waals surface area contributed by atoms with Crippen LogP contribution < -0.4 is 4.74 Å². The van der Waals surface area contributed by atoms with Crippen LogP contribution in [0.25, 0.3) is 0 Å². The van der Waals surface area contributed by atoms with Gasteiger partial charge in [-0.3, -0.25) is 4.79 Å². The molecule has 0 aliphatic heterocycles. The number of H-pyrrole nitrogens is 1. The van der Waals surface area contributed by atoms with Gasteiger partial charge in [0.25, 0.3) is 0 Å². The highest BCUT2D eigenvalue weighted by Crippen LogP contribution is 2.29. The van der Waals surface area contributed by atoms with Crippen molar-refractivity contribution in [3.8, 4) is 5.75 Å². The highest BCUT2D eigenvalue weighted by atomic mass is 19.4. The summed E-state index contributed by atoms with van der Waals surface area (Å²) in [6.07, 6.45) is -4.37. The van der Waals surface area contributed by atoms with E-state index in [0.717, 1.165) is 12.1 Å². The van der Waals surface area contributed by atoms with E-state index in [0.29, 0.717) is 22.6 Å². The smallest absolute Gasteiger partial charge is 0.416 e. The van der Waals surface area contributed by atoms with Crippen molar-refractivity contribution >= 4 is 5.78 Å². The van der Waals surface area contributed by atoms with Crippen molar-refractivity contribution in [1.82, 2.24) is 15.4 Å². The average molecular weight is 361 g/mol. The molecule has 0 fully saturated rings. The molecule has 0 atom stereocenters. The molecule has 2 aromatic carbocycles. The summed E-state index contributed by atoms with van der Waals surface area (Å²) in [5.74, 6) is 0.133. The molecule has 0 bridgehead atoms. The summed E-state index contributed by atoms with van der Waals surface area (Å²) in [5.41, 5.74) is 0.974. The van der Waals surface area contributed by atoms with Crippen LogP contribution in [0.4, 0.5) is 13.2 Å². The van der Waals surface area contributed by atoms with E-state index in [1.165, 1.54) is 12.1 Å². The van der Waals surface area contributed by atoms with Gasteiger partial charge in [-0.2, -0.15) is 28.6 Å². The quantitative estimate of drug-likeness (QED) is 0.699. The number of aryl methyl sites for hydroxylation is 1. The minimum absolute atomic E-state index is 0.0821. The Morgan fingerprint density at radius 3 is 2.46 bits per heavy atom. The van der Waals surface area contributed by atoms with Gasteiger partial charge in [-0.15, -0.1) is 0 Å². The molecule has 0 spiro atoms. The Hall–Kier alpha value is -3.16. The third kappa shape index (κ3) is 3.90. The fourth-order valence-electron chi connectivity index (χ4n) is 2.32. The molecule has 1 aromatic heterocycles. The third-order valence-electron chi connectivity index (χ3n) is 3.72. The third-order valence-corrected chi connectivity index (χ3v) is 3.72. The summed E-state index contributed by atoms with van der Waals surface area (Å²) >= 11 is 0. The first kappa shape index (κ1) is 17.7. The first-order valence-electron chi connectivity index (χ1n) is 7.65. The van der Waals surface area contributed by atoms with Gasteiger partial charge in [-0.05, 0) is 36.8 Å². The Kier molecular flexibility index (Phi) is 4.75. The van der Waals surface area contributed by atoms with Gasteiger partial charge in [-0.25, -0.2) is 0 Å². The molecule has 0 saturated carbocycles. The molecular formula is C18H14F3N3O2. The van der Waals surface area contributed by atoms with Crippen LogP contribution in [0.2, 0.25) is 0 Å². The van der Waals surface area contributed by atoms with E-state index in [1.54, 1.807) is 31.2 Å². The van der Waals surface area contributed by atoms with Gasteiger partial charge < -0.3 is 4.74 Å². The summed E-state index contributed by atoms with van der Waals surface area (Å²) in [6, 6.07) is 11.2. The van der Waals surface area contributed by atoms with Gasteiger partial charge in [-0.1, -0.05) is 24.3 Å². The standard InChI is InChI=1S/C18H14F3N3O2/c1-11-16(23-24-22-11)17(25)13-3-2-4-15(9-13)26-10-12-5-7-14(8-6-12)18(19,20)21/h2-9H,10H2,1H3,(H,22,23,24). The van der Waals surface area contributed by atoms with Gasteiger partial charge in [0.1, 0.15) is 12.4 Å². The maximum Gasteiger partial charge on any atom is 0.416 e. The van der Waals surface area contributed by atoms with E-state index in [2.05, 4.69) is 15.4 Å². The number of alkyl halides is 3. The van der Waals surface area contributed by atoms with Crippen LogP contribution in [0, 0.1) is 6.92 Å². The zero-order chi connectivity index (χ0) is 18.7. The van der Waals surface area contributed by atoms with E-state index >= 15 is 0 Å². The fourth-order valence-corrected chi connectivity index (χ4v) is 2.32. The number of nitrogens with one attached hydrogen (secondary N) is 1. The molecular weight excluding hydrogens is 347 g/mol. The number of carbonyl (C=O) groups is 1. The molecule has 0 aliphatic rings. The first-order chi connectivity index (χ1) is 12.3. The summed E-state index contributed by atoms with van der Waals surface area (Å²) in [4.78, 5) is 12.4. The topological polar surface area (TPSA) is 67.9 Å². The Labute approximate surface area is 146 Å². The molecule has 0 aliphatic carbocycles.